The van der Waals surface area contributed by atoms with Crippen LogP contribution in [0.4, 0.5) is 0 Å². The largest absolute Gasteiger partial charge is 0.377 e. The van der Waals surface area contributed by atoms with E-state index in [1.165, 1.54) is 18.8 Å². The lowest BCUT2D eigenvalue weighted by atomic mass is 10.1. The molecule has 0 spiro atoms. The summed E-state index contributed by atoms with van der Waals surface area (Å²) in [5, 5.41) is 7.23. The molecule has 9 heteroatoms. The normalized spacial score (nSPS) is 13.0. The molecule has 1 N–H and O–H groups in total. The number of sulfonamides is 1. The van der Waals surface area contributed by atoms with Crippen molar-refractivity contribution in [2.75, 3.05) is 13.7 Å². The Morgan fingerprint density at radius 2 is 2.12 bits per heavy atom. The molecule has 1 aromatic rings. The zero-order chi connectivity index (χ0) is 13.3. The molecule has 7 nitrogen and oxygen atoms in total. The molecule has 0 aliphatic heterocycles. The fourth-order valence-corrected chi connectivity index (χ4v) is 3.31. The highest BCUT2D eigenvalue weighted by atomic mass is 79.9. The van der Waals surface area contributed by atoms with E-state index >= 15 is 0 Å². The van der Waals surface area contributed by atoms with Crippen molar-refractivity contribution < 1.29 is 13.2 Å². The van der Waals surface area contributed by atoms with Gasteiger partial charge in [0.2, 0.25) is 5.03 Å². The summed E-state index contributed by atoms with van der Waals surface area (Å²) in [5.74, 6) is 0. The molecule has 0 fully saturated rings. The molecule has 0 saturated heterocycles. The molecule has 0 aliphatic carbocycles. The number of hydrogen-bond acceptors (Lipinski definition) is 5. The van der Waals surface area contributed by atoms with Crippen LogP contribution in [0.3, 0.4) is 0 Å². The Bertz CT molecular complexity index is 477. The van der Waals surface area contributed by atoms with Crippen molar-refractivity contribution in [1.82, 2.24) is 19.7 Å². The topological polar surface area (TPSA) is 86.1 Å². The van der Waals surface area contributed by atoms with E-state index in [0.29, 0.717) is 0 Å². The van der Waals surface area contributed by atoms with Crippen LogP contribution in [0.1, 0.15) is 13.8 Å². The van der Waals surface area contributed by atoms with Gasteiger partial charge >= 0.3 is 0 Å². The fourth-order valence-electron chi connectivity index (χ4n) is 1.02. The van der Waals surface area contributed by atoms with Gasteiger partial charge in [0.05, 0.1) is 5.60 Å². The van der Waals surface area contributed by atoms with E-state index in [4.69, 9.17) is 4.74 Å². The van der Waals surface area contributed by atoms with E-state index in [-0.39, 0.29) is 16.2 Å². The van der Waals surface area contributed by atoms with Gasteiger partial charge in [0.25, 0.3) is 10.0 Å². The summed E-state index contributed by atoms with van der Waals surface area (Å²) in [6, 6.07) is 0. The van der Waals surface area contributed by atoms with Crippen LogP contribution in [0.2, 0.25) is 0 Å². The van der Waals surface area contributed by atoms with Gasteiger partial charge in [-0.05, 0) is 29.8 Å². The van der Waals surface area contributed by atoms with Crippen molar-refractivity contribution in [2.24, 2.45) is 7.05 Å². The fraction of sp³-hybridized carbons (Fsp3) is 0.750. The maximum atomic E-state index is 12.0. The number of halogens is 1. The van der Waals surface area contributed by atoms with Gasteiger partial charge in [-0.25, -0.2) is 17.8 Å². The average molecular weight is 327 g/mol. The molecule has 0 aliphatic rings. The second-order valence-electron chi connectivity index (χ2n) is 4.10. The first-order valence-corrected chi connectivity index (χ1v) is 7.07. The Balaban J connectivity index is 2.91. The maximum absolute atomic E-state index is 12.0. The molecule has 0 atom stereocenters. The van der Waals surface area contributed by atoms with Crippen LogP contribution in [0.25, 0.3) is 0 Å². The molecule has 0 amide bonds. The SMILES string of the molecule is COC(C)(C)CNS(=O)(=O)c1c(Br)nnn1C. The van der Waals surface area contributed by atoms with E-state index in [0.717, 1.165) is 0 Å². The molecular weight excluding hydrogens is 312 g/mol. The molecule has 17 heavy (non-hydrogen) atoms. The van der Waals surface area contributed by atoms with E-state index in [1.54, 1.807) is 13.8 Å². The third kappa shape index (κ3) is 3.47. The first kappa shape index (κ1) is 14.6. The molecule has 1 rings (SSSR count). The highest BCUT2D eigenvalue weighted by Gasteiger charge is 2.26. The summed E-state index contributed by atoms with van der Waals surface area (Å²) in [5.41, 5.74) is -0.578. The van der Waals surface area contributed by atoms with Crippen molar-refractivity contribution in [1.29, 1.82) is 0 Å². The minimum atomic E-state index is -3.66. The molecule has 98 valence electrons. The molecule has 1 heterocycles. The van der Waals surface area contributed by atoms with Gasteiger partial charge in [-0.2, -0.15) is 0 Å². The molecule has 1 aromatic heterocycles. The zero-order valence-electron chi connectivity index (χ0n) is 10.1. The molecule has 0 aromatic carbocycles. The number of aromatic nitrogens is 3. The van der Waals surface area contributed by atoms with Crippen LogP contribution in [0, 0.1) is 0 Å². The number of ether oxygens (including phenoxy) is 1. The second kappa shape index (κ2) is 5.01. The van der Waals surface area contributed by atoms with Crippen molar-refractivity contribution in [2.45, 2.75) is 24.5 Å². The summed E-state index contributed by atoms with van der Waals surface area (Å²) in [7, 11) is -0.629. The second-order valence-corrected chi connectivity index (χ2v) is 6.53. The molecule has 0 bridgehead atoms. The third-order valence-corrected chi connectivity index (χ3v) is 4.52. The van der Waals surface area contributed by atoms with E-state index in [2.05, 4.69) is 31.0 Å². The lowest BCUT2D eigenvalue weighted by molar-refractivity contribution is 0.0276. The van der Waals surface area contributed by atoms with Crippen molar-refractivity contribution >= 4 is 26.0 Å². The Morgan fingerprint density at radius 3 is 2.53 bits per heavy atom. The van der Waals surface area contributed by atoms with Gasteiger partial charge in [0.1, 0.15) is 0 Å². The van der Waals surface area contributed by atoms with Gasteiger partial charge in [0, 0.05) is 20.7 Å². The Hall–Kier alpha value is -0.510. The van der Waals surface area contributed by atoms with Crippen LogP contribution >= 0.6 is 15.9 Å². The van der Waals surface area contributed by atoms with Gasteiger partial charge in [-0.15, -0.1) is 5.10 Å². The first-order valence-electron chi connectivity index (χ1n) is 4.79. The Labute approximate surface area is 109 Å². The molecule has 0 radical (unpaired) electrons. The van der Waals surface area contributed by atoms with Crippen LogP contribution in [-0.4, -0.2) is 42.7 Å². The van der Waals surface area contributed by atoms with Crippen LogP contribution < -0.4 is 4.72 Å². The molecule has 0 unspecified atom stereocenters. The number of nitrogens with zero attached hydrogens (tertiary/aromatic N) is 3. The highest BCUT2D eigenvalue weighted by Crippen LogP contribution is 2.18. The summed E-state index contributed by atoms with van der Waals surface area (Å²) >= 11 is 3.05. The van der Waals surface area contributed by atoms with Crippen molar-refractivity contribution in [3.8, 4) is 0 Å². The highest BCUT2D eigenvalue weighted by molar-refractivity contribution is 9.10. The van der Waals surface area contributed by atoms with Gasteiger partial charge in [0.15, 0.2) is 4.60 Å². The Kier molecular flexibility index (Phi) is 4.28. The smallest absolute Gasteiger partial charge is 0.260 e. The van der Waals surface area contributed by atoms with E-state index in [9.17, 15) is 8.42 Å². The lowest BCUT2D eigenvalue weighted by Crippen LogP contribution is -2.40. The summed E-state index contributed by atoms with van der Waals surface area (Å²) in [6.07, 6.45) is 0. The lowest BCUT2D eigenvalue weighted by Gasteiger charge is -2.22. The maximum Gasteiger partial charge on any atom is 0.260 e. The Morgan fingerprint density at radius 1 is 1.53 bits per heavy atom. The predicted octanol–water partition coefficient (Wildman–Crippen LogP) is 0.281. The van der Waals surface area contributed by atoms with Gasteiger partial charge in [-0.3, -0.25) is 0 Å². The predicted molar refractivity (Wildman–Crippen MR) is 65.0 cm³/mol. The number of hydrogen-bond donors (Lipinski definition) is 1. The quantitative estimate of drug-likeness (QED) is 0.840. The van der Waals surface area contributed by atoms with Crippen LogP contribution in [0.5, 0.6) is 0 Å². The van der Waals surface area contributed by atoms with Crippen LogP contribution in [0.15, 0.2) is 9.63 Å². The van der Waals surface area contributed by atoms with E-state index < -0.39 is 15.6 Å². The summed E-state index contributed by atoms with van der Waals surface area (Å²) < 4.78 is 33.0. The molecule has 0 saturated carbocycles. The number of aryl methyl sites for hydroxylation is 1. The zero-order valence-corrected chi connectivity index (χ0v) is 12.5. The van der Waals surface area contributed by atoms with Gasteiger partial charge in [-0.1, -0.05) is 5.21 Å². The van der Waals surface area contributed by atoms with Gasteiger partial charge < -0.3 is 4.74 Å². The molecular formula is C8H15BrN4O3S. The minimum absolute atomic E-state index is 0.00981. The van der Waals surface area contributed by atoms with Crippen molar-refractivity contribution in [3.05, 3.63) is 4.60 Å². The number of nitrogens with one attached hydrogen (secondary N) is 1. The monoisotopic (exact) mass is 326 g/mol. The third-order valence-electron chi connectivity index (χ3n) is 2.23. The number of methoxy groups -OCH3 is 1. The van der Waals surface area contributed by atoms with Crippen LogP contribution in [-0.2, 0) is 21.8 Å². The average Bonchev–Trinajstić information content (AvgIpc) is 2.57. The van der Waals surface area contributed by atoms with E-state index in [1.807, 2.05) is 0 Å². The summed E-state index contributed by atoms with van der Waals surface area (Å²) in [4.78, 5) is 0. The number of rotatable bonds is 5. The van der Waals surface area contributed by atoms with Crippen molar-refractivity contribution in [3.63, 3.8) is 0 Å². The standard InChI is InChI=1S/C8H15BrN4O3S/c1-8(2,16-4)5-10-17(14,15)7-6(9)11-12-13(7)3/h10H,5H2,1-4H3. The first-order chi connectivity index (χ1) is 7.69. The minimum Gasteiger partial charge on any atom is -0.377 e. The summed E-state index contributed by atoms with van der Waals surface area (Å²) in [6.45, 7) is 3.72.